The van der Waals surface area contributed by atoms with Crippen LogP contribution in [0.15, 0.2) is 60.7 Å². The summed E-state index contributed by atoms with van der Waals surface area (Å²) in [6, 6.07) is 22.1. The number of hydrogen-bond donors (Lipinski definition) is 1. The molecule has 0 saturated carbocycles. The molecule has 20 heavy (non-hydrogen) atoms. The van der Waals surface area contributed by atoms with Gasteiger partial charge in [0.2, 0.25) is 0 Å². The molecule has 0 bridgehead atoms. The number of likely N-dealkylation sites (N-methyl/N-ethyl adjacent to an activating group) is 1. The highest BCUT2D eigenvalue weighted by Crippen LogP contribution is 2.22. The van der Waals surface area contributed by atoms with E-state index in [1.165, 1.54) is 30.4 Å². The van der Waals surface area contributed by atoms with Crippen molar-refractivity contribution in [2.75, 3.05) is 7.05 Å². The van der Waals surface area contributed by atoms with Gasteiger partial charge in [-0.2, -0.15) is 0 Å². The maximum atomic E-state index is 3.49. The molecule has 0 saturated heterocycles. The minimum atomic E-state index is 0.543. The number of hydrogen-bond acceptors (Lipinski definition) is 1. The Hall–Kier alpha value is -1.60. The molecule has 1 heteroatoms. The third-order valence-corrected chi connectivity index (χ3v) is 4.12. The zero-order valence-electron chi connectivity index (χ0n) is 12.5. The predicted octanol–water partition coefficient (Wildman–Crippen LogP) is 4.40. The van der Waals surface area contributed by atoms with Crippen LogP contribution in [0.4, 0.5) is 0 Å². The Balaban J connectivity index is 1.86. The lowest BCUT2D eigenvalue weighted by Crippen LogP contribution is -2.30. The number of benzene rings is 2. The van der Waals surface area contributed by atoms with Gasteiger partial charge in [-0.15, -0.1) is 0 Å². The van der Waals surface area contributed by atoms with Gasteiger partial charge in [0.25, 0.3) is 0 Å². The minimum Gasteiger partial charge on any atom is -0.316 e. The fourth-order valence-corrected chi connectivity index (χ4v) is 2.80. The van der Waals surface area contributed by atoms with Crippen LogP contribution in [0.25, 0.3) is 0 Å². The summed E-state index contributed by atoms with van der Waals surface area (Å²) in [5, 5.41) is 3.49. The highest BCUT2D eigenvalue weighted by Gasteiger charge is 2.16. The summed E-state index contributed by atoms with van der Waals surface area (Å²) in [6.45, 7) is 2.32. The van der Waals surface area contributed by atoms with Crippen LogP contribution >= 0.6 is 0 Å². The zero-order valence-corrected chi connectivity index (χ0v) is 12.5. The average molecular weight is 267 g/mol. The summed E-state index contributed by atoms with van der Waals surface area (Å²) < 4.78 is 0. The van der Waals surface area contributed by atoms with E-state index < -0.39 is 0 Å². The van der Waals surface area contributed by atoms with E-state index in [1.54, 1.807) is 0 Å². The summed E-state index contributed by atoms with van der Waals surface area (Å²) in [7, 11) is 2.08. The van der Waals surface area contributed by atoms with Gasteiger partial charge < -0.3 is 5.32 Å². The molecule has 1 N–H and O–H groups in total. The number of aryl methyl sites for hydroxylation is 1. The molecule has 2 rings (SSSR count). The van der Waals surface area contributed by atoms with E-state index in [9.17, 15) is 0 Å². The first-order valence-corrected chi connectivity index (χ1v) is 7.57. The fraction of sp³-hybridized carbons (Fsp3) is 0.368. The predicted molar refractivity (Wildman–Crippen MR) is 87.1 cm³/mol. The monoisotopic (exact) mass is 267 g/mol. The van der Waals surface area contributed by atoms with E-state index in [1.807, 2.05) is 0 Å². The van der Waals surface area contributed by atoms with Gasteiger partial charge >= 0.3 is 0 Å². The molecule has 0 amide bonds. The lowest BCUT2D eigenvalue weighted by molar-refractivity contribution is 0.443. The van der Waals surface area contributed by atoms with Crippen molar-refractivity contribution in [3.05, 3.63) is 71.8 Å². The molecule has 0 heterocycles. The van der Waals surface area contributed by atoms with Crippen molar-refractivity contribution < 1.29 is 0 Å². The van der Waals surface area contributed by atoms with Gasteiger partial charge in [0.1, 0.15) is 0 Å². The molecule has 2 aromatic rings. The van der Waals surface area contributed by atoms with Crippen molar-refractivity contribution in [3.63, 3.8) is 0 Å². The van der Waals surface area contributed by atoms with Gasteiger partial charge in [-0.25, -0.2) is 0 Å². The van der Waals surface area contributed by atoms with E-state index in [0.717, 1.165) is 0 Å². The molecule has 0 radical (unpaired) electrons. The fourth-order valence-electron chi connectivity index (χ4n) is 2.80. The van der Waals surface area contributed by atoms with Crippen molar-refractivity contribution in [1.82, 2.24) is 5.32 Å². The van der Waals surface area contributed by atoms with Crippen LogP contribution in [0, 0.1) is 0 Å². The Kier molecular flexibility index (Phi) is 5.82. The topological polar surface area (TPSA) is 12.0 Å². The van der Waals surface area contributed by atoms with Crippen LogP contribution in [0.1, 0.15) is 36.8 Å². The van der Waals surface area contributed by atoms with Gasteiger partial charge in [-0.05, 0) is 43.4 Å². The lowest BCUT2D eigenvalue weighted by atomic mass is 9.89. The van der Waals surface area contributed by atoms with Crippen molar-refractivity contribution in [1.29, 1.82) is 0 Å². The SMILES string of the molecule is CNC(CCCc1ccccc1)C(C)c1ccccc1. The van der Waals surface area contributed by atoms with Gasteiger partial charge in [-0.1, -0.05) is 67.6 Å². The quantitative estimate of drug-likeness (QED) is 0.784. The summed E-state index contributed by atoms with van der Waals surface area (Å²) in [6.07, 6.45) is 3.61. The molecular formula is C19H25N. The van der Waals surface area contributed by atoms with E-state index in [2.05, 4.69) is 80.0 Å². The van der Waals surface area contributed by atoms with Crippen LogP contribution < -0.4 is 5.32 Å². The smallest absolute Gasteiger partial charge is 0.0130 e. The molecule has 0 aliphatic heterocycles. The first-order valence-electron chi connectivity index (χ1n) is 7.57. The van der Waals surface area contributed by atoms with Crippen LogP contribution in [-0.4, -0.2) is 13.1 Å². The Morgan fingerprint density at radius 1 is 0.900 bits per heavy atom. The van der Waals surface area contributed by atoms with E-state index in [4.69, 9.17) is 0 Å². The molecule has 106 valence electrons. The second kappa shape index (κ2) is 7.86. The van der Waals surface area contributed by atoms with Crippen molar-refractivity contribution in [2.24, 2.45) is 0 Å². The maximum Gasteiger partial charge on any atom is 0.0130 e. The summed E-state index contributed by atoms with van der Waals surface area (Å²) in [5.74, 6) is 0.553. The van der Waals surface area contributed by atoms with Gasteiger partial charge in [-0.3, -0.25) is 0 Å². The second-order valence-corrected chi connectivity index (χ2v) is 5.47. The largest absolute Gasteiger partial charge is 0.316 e. The van der Waals surface area contributed by atoms with E-state index in [0.29, 0.717) is 12.0 Å². The lowest BCUT2D eigenvalue weighted by Gasteiger charge is -2.24. The first kappa shape index (κ1) is 14.8. The molecule has 1 nitrogen and oxygen atoms in total. The van der Waals surface area contributed by atoms with Crippen molar-refractivity contribution in [2.45, 2.75) is 38.1 Å². The molecule has 0 aliphatic carbocycles. The standard InChI is InChI=1S/C19H25N/c1-16(18-13-7-4-8-14-18)19(20-2)15-9-12-17-10-5-3-6-11-17/h3-8,10-11,13-14,16,19-20H,9,12,15H2,1-2H3. The van der Waals surface area contributed by atoms with Crippen LogP contribution in [0.2, 0.25) is 0 Å². The summed E-state index contributed by atoms with van der Waals surface area (Å²) in [5.41, 5.74) is 2.86. The molecule has 0 aliphatic rings. The molecule has 2 unspecified atom stereocenters. The third kappa shape index (κ3) is 4.21. The van der Waals surface area contributed by atoms with E-state index >= 15 is 0 Å². The minimum absolute atomic E-state index is 0.543. The summed E-state index contributed by atoms with van der Waals surface area (Å²) in [4.78, 5) is 0. The van der Waals surface area contributed by atoms with Crippen LogP contribution in [0.3, 0.4) is 0 Å². The van der Waals surface area contributed by atoms with Gasteiger partial charge in [0.15, 0.2) is 0 Å². The zero-order chi connectivity index (χ0) is 14.2. The van der Waals surface area contributed by atoms with Crippen LogP contribution in [0.5, 0.6) is 0 Å². The molecule has 2 aromatic carbocycles. The Morgan fingerprint density at radius 2 is 1.50 bits per heavy atom. The normalized spacial score (nSPS) is 13.9. The highest BCUT2D eigenvalue weighted by atomic mass is 14.9. The molecule has 0 spiro atoms. The van der Waals surface area contributed by atoms with E-state index in [-0.39, 0.29) is 0 Å². The van der Waals surface area contributed by atoms with Crippen LogP contribution in [-0.2, 0) is 6.42 Å². The first-order chi connectivity index (χ1) is 9.81. The highest BCUT2D eigenvalue weighted by molar-refractivity contribution is 5.20. The molecule has 2 atom stereocenters. The summed E-state index contributed by atoms with van der Waals surface area (Å²) >= 11 is 0. The number of rotatable bonds is 7. The average Bonchev–Trinajstić information content (AvgIpc) is 2.53. The molecule has 0 fully saturated rings. The Bertz CT molecular complexity index is 478. The maximum absolute atomic E-state index is 3.49. The third-order valence-electron chi connectivity index (χ3n) is 4.12. The Morgan fingerprint density at radius 3 is 2.10 bits per heavy atom. The second-order valence-electron chi connectivity index (χ2n) is 5.47. The Labute approximate surface area is 123 Å². The molecular weight excluding hydrogens is 242 g/mol. The van der Waals surface area contributed by atoms with Gasteiger partial charge in [0.05, 0.1) is 0 Å². The molecule has 0 aromatic heterocycles. The van der Waals surface area contributed by atoms with Crippen molar-refractivity contribution in [3.8, 4) is 0 Å². The van der Waals surface area contributed by atoms with Crippen molar-refractivity contribution >= 4 is 0 Å². The van der Waals surface area contributed by atoms with Gasteiger partial charge in [0, 0.05) is 6.04 Å². The number of nitrogens with one attached hydrogen (secondary N) is 1.